The number of hydrogen-bond donors (Lipinski definition) is 2. The van der Waals surface area contributed by atoms with E-state index in [1.54, 1.807) is 18.2 Å². The third-order valence-corrected chi connectivity index (χ3v) is 4.89. The highest BCUT2D eigenvalue weighted by Crippen LogP contribution is 2.28. The molecular formula is C15H8Cl2N4O3S2. The average molecular weight is 427 g/mol. The molecule has 1 amide bonds. The van der Waals surface area contributed by atoms with Gasteiger partial charge in [-0.2, -0.15) is 0 Å². The molecule has 0 saturated heterocycles. The molecule has 0 radical (unpaired) electrons. The lowest BCUT2D eigenvalue weighted by Gasteiger charge is -2.08. The highest BCUT2D eigenvalue weighted by Gasteiger charge is 2.16. The lowest BCUT2D eigenvalue weighted by atomic mass is 10.2. The fraction of sp³-hybridized carbons (Fsp3) is 0. The maximum atomic E-state index is 12.2. The molecule has 11 heteroatoms. The molecule has 3 rings (SSSR count). The van der Waals surface area contributed by atoms with Crippen LogP contribution in [0.3, 0.4) is 0 Å². The Morgan fingerprint density at radius 3 is 2.69 bits per heavy atom. The summed E-state index contributed by atoms with van der Waals surface area (Å²) in [6.45, 7) is 0. The van der Waals surface area contributed by atoms with Crippen molar-refractivity contribution in [2.75, 3.05) is 5.32 Å². The first-order valence-electron chi connectivity index (χ1n) is 6.96. The summed E-state index contributed by atoms with van der Waals surface area (Å²) in [5.41, 5.74) is 0.604. The summed E-state index contributed by atoms with van der Waals surface area (Å²) in [5, 5.41) is 17.0. The second kappa shape index (κ2) is 7.50. The molecule has 26 heavy (non-hydrogen) atoms. The van der Waals surface area contributed by atoms with E-state index in [0.717, 1.165) is 16.3 Å². The summed E-state index contributed by atoms with van der Waals surface area (Å²) in [4.78, 5) is 26.7. The molecular weight excluding hydrogens is 419 g/mol. The number of nitro benzene ring substituents is 1. The van der Waals surface area contributed by atoms with Crippen molar-refractivity contribution in [1.82, 2.24) is 10.3 Å². The summed E-state index contributed by atoms with van der Waals surface area (Å²) in [7, 11) is 0. The number of halogens is 2. The molecule has 0 aliphatic heterocycles. The van der Waals surface area contributed by atoms with Crippen molar-refractivity contribution < 1.29 is 9.72 Å². The minimum Gasteiger partial charge on any atom is -0.308 e. The first-order chi connectivity index (χ1) is 12.3. The van der Waals surface area contributed by atoms with E-state index < -0.39 is 10.8 Å². The van der Waals surface area contributed by atoms with Gasteiger partial charge in [0.1, 0.15) is 0 Å². The predicted molar refractivity (Wildman–Crippen MR) is 106 cm³/mol. The molecule has 0 spiro atoms. The zero-order valence-corrected chi connectivity index (χ0v) is 15.8. The molecule has 2 aromatic carbocycles. The van der Waals surface area contributed by atoms with Crippen LogP contribution in [0.4, 0.5) is 10.8 Å². The molecule has 1 heterocycles. The van der Waals surface area contributed by atoms with Crippen LogP contribution in [-0.2, 0) is 0 Å². The Hall–Kier alpha value is -2.33. The van der Waals surface area contributed by atoms with Crippen LogP contribution in [0.15, 0.2) is 36.4 Å². The monoisotopic (exact) mass is 426 g/mol. The number of rotatable bonds is 3. The lowest BCUT2D eigenvalue weighted by Crippen LogP contribution is -2.34. The number of anilines is 1. The van der Waals surface area contributed by atoms with Crippen LogP contribution in [0.1, 0.15) is 10.4 Å². The maximum absolute atomic E-state index is 12.2. The highest BCUT2D eigenvalue weighted by atomic mass is 35.5. The third-order valence-electron chi connectivity index (χ3n) is 3.21. The van der Waals surface area contributed by atoms with Crippen LogP contribution in [-0.4, -0.2) is 20.9 Å². The zero-order valence-electron chi connectivity index (χ0n) is 12.7. The molecule has 2 N–H and O–H groups in total. The van der Waals surface area contributed by atoms with Gasteiger partial charge in [-0.05, 0) is 36.5 Å². The first-order valence-corrected chi connectivity index (χ1v) is 8.94. The fourth-order valence-electron chi connectivity index (χ4n) is 2.05. The van der Waals surface area contributed by atoms with Crippen LogP contribution >= 0.6 is 46.8 Å². The Balaban J connectivity index is 1.70. The van der Waals surface area contributed by atoms with Crippen molar-refractivity contribution in [1.29, 1.82) is 0 Å². The van der Waals surface area contributed by atoms with Crippen LogP contribution in [0.5, 0.6) is 0 Å². The molecule has 7 nitrogen and oxygen atoms in total. The van der Waals surface area contributed by atoms with E-state index in [9.17, 15) is 14.9 Å². The minimum absolute atomic E-state index is 0.0228. The van der Waals surface area contributed by atoms with Crippen LogP contribution in [0.25, 0.3) is 10.2 Å². The Bertz CT molecular complexity index is 1050. The fourth-order valence-corrected chi connectivity index (χ4v) is 3.71. The topological polar surface area (TPSA) is 97.2 Å². The molecule has 1 aromatic heterocycles. The molecule has 0 atom stereocenters. The summed E-state index contributed by atoms with van der Waals surface area (Å²) >= 11 is 18.3. The predicted octanol–water partition coefficient (Wildman–Crippen LogP) is 4.64. The number of non-ortho nitro benzene ring substituents is 1. The maximum Gasteiger partial charge on any atom is 0.270 e. The average Bonchev–Trinajstić information content (AvgIpc) is 2.95. The van der Waals surface area contributed by atoms with Crippen molar-refractivity contribution in [3.8, 4) is 0 Å². The molecule has 0 bridgehead atoms. The number of thiazole rings is 1. The number of nitro groups is 1. The number of amides is 1. The number of carbonyl (C=O) groups is 1. The van der Waals surface area contributed by atoms with Crippen LogP contribution in [0, 0.1) is 10.1 Å². The molecule has 0 fully saturated rings. The number of aromatic nitrogens is 1. The smallest absolute Gasteiger partial charge is 0.270 e. The molecule has 3 aromatic rings. The number of nitrogens with zero attached hydrogens (tertiary/aromatic N) is 2. The van der Waals surface area contributed by atoms with Crippen molar-refractivity contribution in [2.45, 2.75) is 0 Å². The summed E-state index contributed by atoms with van der Waals surface area (Å²) in [6, 6.07) is 8.83. The molecule has 0 unspecified atom stereocenters. The molecule has 0 saturated carbocycles. The van der Waals surface area contributed by atoms with Gasteiger partial charge in [-0.25, -0.2) is 4.98 Å². The minimum atomic E-state index is -0.598. The number of hydrogen-bond acceptors (Lipinski definition) is 6. The number of fused-ring (bicyclic) bond motifs is 1. The largest absolute Gasteiger partial charge is 0.308 e. The van der Waals surface area contributed by atoms with E-state index in [-0.39, 0.29) is 21.4 Å². The normalized spacial score (nSPS) is 10.5. The van der Waals surface area contributed by atoms with Gasteiger partial charge in [0.15, 0.2) is 10.2 Å². The van der Waals surface area contributed by atoms with E-state index in [1.165, 1.54) is 23.5 Å². The molecule has 0 aliphatic carbocycles. The van der Waals surface area contributed by atoms with Gasteiger partial charge >= 0.3 is 0 Å². The van der Waals surface area contributed by atoms with E-state index >= 15 is 0 Å². The van der Waals surface area contributed by atoms with Gasteiger partial charge in [0.2, 0.25) is 0 Å². The summed E-state index contributed by atoms with van der Waals surface area (Å²) in [6.07, 6.45) is 0. The van der Waals surface area contributed by atoms with Crippen molar-refractivity contribution in [3.63, 3.8) is 0 Å². The van der Waals surface area contributed by atoms with Crippen LogP contribution < -0.4 is 10.6 Å². The number of thiocarbonyl (C=S) groups is 1. The molecule has 132 valence electrons. The summed E-state index contributed by atoms with van der Waals surface area (Å²) in [5.74, 6) is -0.591. The van der Waals surface area contributed by atoms with Crippen LogP contribution in [0.2, 0.25) is 10.0 Å². The van der Waals surface area contributed by atoms with Gasteiger partial charge in [-0.3, -0.25) is 20.2 Å². The van der Waals surface area contributed by atoms with Gasteiger partial charge in [0.05, 0.1) is 25.7 Å². The second-order valence-corrected chi connectivity index (χ2v) is 7.24. The van der Waals surface area contributed by atoms with Crippen molar-refractivity contribution in [2.24, 2.45) is 0 Å². The lowest BCUT2D eigenvalue weighted by molar-refractivity contribution is -0.384. The zero-order chi connectivity index (χ0) is 18.8. The van der Waals surface area contributed by atoms with Crippen molar-refractivity contribution in [3.05, 3.63) is 62.1 Å². The van der Waals surface area contributed by atoms with Crippen molar-refractivity contribution >= 4 is 78.8 Å². The van der Waals surface area contributed by atoms with Gasteiger partial charge < -0.3 is 5.32 Å². The Kier molecular flexibility index (Phi) is 5.33. The second-order valence-electron chi connectivity index (χ2n) is 4.96. The summed E-state index contributed by atoms with van der Waals surface area (Å²) < 4.78 is 0.868. The highest BCUT2D eigenvalue weighted by molar-refractivity contribution is 7.80. The number of benzene rings is 2. The molecule has 0 aliphatic rings. The van der Waals surface area contributed by atoms with Gasteiger partial charge in [-0.15, -0.1) is 0 Å². The van der Waals surface area contributed by atoms with Gasteiger partial charge in [0.25, 0.3) is 11.6 Å². The number of carbonyl (C=O) groups excluding carboxylic acids is 1. The third kappa shape index (κ3) is 4.07. The Morgan fingerprint density at radius 1 is 1.23 bits per heavy atom. The van der Waals surface area contributed by atoms with E-state index in [2.05, 4.69) is 15.6 Å². The van der Waals surface area contributed by atoms with E-state index in [4.69, 9.17) is 35.4 Å². The Labute approximate surface area is 166 Å². The quantitative estimate of drug-likeness (QED) is 0.359. The van der Waals surface area contributed by atoms with E-state index in [0.29, 0.717) is 10.2 Å². The standard InChI is InChI=1S/C15H8Cl2N4O3S2/c16-7-1-4-11-12(5-7)26-15(18-11)20-14(25)19-13(22)9-3-2-8(21(23)24)6-10(9)17/h1-6H,(H2,18,19,20,22,25). The van der Waals surface area contributed by atoms with Gasteiger partial charge in [-0.1, -0.05) is 34.5 Å². The number of nitrogens with one attached hydrogen (secondary N) is 2. The Morgan fingerprint density at radius 2 is 2.00 bits per heavy atom. The van der Waals surface area contributed by atoms with Gasteiger partial charge in [0, 0.05) is 17.2 Å². The van der Waals surface area contributed by atoms with E-state index in [1.807, 2.05) is 0 Å². The SMILES string of the molecule is O=C(NC(=S)Nc1nc2ccc(Cl)cc2s1)c1ccc([N+](=O)[O-])cc1Cl. The first kappa shape index (κ1) is 18.5.